The van der Waals surface area contributed by atoms with Gasteiger partial charge in [0, 0.05) is 31.4 Å². The SMILES string of the molecule is CCCCOc1ncc(C#C[Si](C)(C)C)cc1-c1nc2c(CC)n(CCN3CCOCC3)nc2c(=O)[nH]1. The second-order valence-corrected chi connectivity index (χ2v) is 15.1. The number of H-pyrrole nitrogens is 1. The van der Waals surface area contributed by atoms with Crippen molar-refractivity contribution in [1.29, 1.82) is 0 Å². The molecular formula is C27H38N6O3Si. The van der Waals surface area contributed by atoms with Crippen LogP contribution >= 0.6 is 0 Å². The van der Waals surface area contributed by atoms with Crippen LogP contribution in [0.5, 0.6) is 5.88 Å². The van der Waals surface area contributed by atoms with Gasteiger partial charge < -0.3 is 14.5 Å². The van der Waals surface area contributed by atoms with E-state index in [2.05, 4.69) is 64.9 Å². The molecule has 0 aliphatic carbocycles. The third-order valence-corrected chi connectivity index (χ3v) is 7.07. The van der Waals surface area contributed by atoms with Crippen molar-refractivity contribution < 1.29 is 9.47 Å². The Bertz CT molecular complexity index is 1340. The number of fused-ring (bicyclic) bond motifs is 1. The van der Waals surface area contributed by atoms with Gasteiger partial charge in [-0.05, 0) is 18.9 Å². The van der Waals surface area contributed by atoms with Gasteiger partial charge in [0.15, 0.2) is 5.52 Å². The number of rotatable bonds is 9. The molecule has 1 aliphatic heterocycles. The first-order valence-corrected chi connectivity index (χ1v) is 16.7. The molecule has 0 amide bonds. The van der Waals surface area contributed by atoms with Crippen LogP contribution in [0.15, 0.2) is 17.1 Å². The molecule has 0 atom stereocenters. The summed E-state index contributed by atoms with van der Waals surface area (Å²) in [7, 11) is -1.57. The molecule has 9 nitrogen and oxygen atoms in total. The molecule has 0 radical (unpaired) electrons. The number of nitrogens with zero attached hydrogens (tertiary/aromatic N) is 5. The monoisotopic (exact) mass is 522 g/mol. The number of morpholine rings is 1. The molecule has 3 aromatic heterocycles. The summed E-state index contributed by atoms with van der Waals surface area (Å²) in [5, 5.41) is 4.65. The molecule has 0 bridgehead atoms. The van der Waals surface area contributed by atoms with E-state index in [9.17, 15) is 4.79 Å². The number of aryl methyl sites for hydroxylation is 1. The van der Waals surface area contributed by atoms with Crippen LogP contribution in [0.3, 0.4) is 0 Å². The van der Waals surface area contributed by atoms with Crippen LogP contribution in [0.4, 0.5) is 0 Å². The Kier molecular flexibility index (Phi) is 8.79. The second-order valence-electron chi connectivity index (χ2n) is 10.4. The van der Waals surface area contributed by atoms with Gasteiger partial charge in [0.05, 0.1) is 37.6 Å². The summed E-state index contributed by atoms with van der Waals surface area (Å²) in [6.45, 7) is 16.2. The Morgan fingerprint density at radius 2 is 1.95 bits per heavy atom. The van der Waals surface area contributed by atoms with Crippen LogP contribution in [0, 0.1) is 11.5 Å². The van der Waals surface area contributed by atoms with Crippen LogP contribution in [0.1, 0.15) is 37.9 Å². The molecule has 0 saturated carbocycles. The molecular weight excluding hydrogens is 484 g/mol. The van der Waals surface area contributed by atoms with Gasteiger partial charge in [0.25, 0.3) is 5.56 Å². The van der Waals surface area contributed by atoms with E-state index in [-0.39, 0.29) is 5.56 Å². The minimum Gasteiger partial charge on any atom is -0.477 e. The smallest absolute Gasteiger partial charge is 0.279 e. The van der Waals surface area contributed by atoms with Gasteiger partial charge in [-0.3, -0.25) is 14.4 Å². The zero-order chi connectivity index (χ0) is 26.4. The Morgan fingerprint density at radius 1 is 1.16 bits per heavy atom. The van der Waals surface area contributed by atoms with E-state index in [0.717, 1.165) is 63.4 Å². The summed E-state index contributed by atoms with van der Waals surface area (Å²) in [5.74, 6) is 4.14. The number of hydrogen-bond donors (Lipinski definition) is 1. The average Bonchev–Trinajstić information content (AvgIpc) is 3.25. The number of aromatic nitrogens is 5. The largest absolute Gasteiger partial charge is 0.477 e. The number of unbranched alkanes of at least 4 members (excludes halogenated alkanes) is 1. The average molecular weight is 523 g/mol. The van der Waals surface area contributed by atoms with E-state index in [0.29, 0.717) is 41.5 Å². The summed E-state index contributed by atoms with van der Waals surface area (Å²) in [6, 6.07) is 1.92. The van der Waals surface area contributed by atoms with Gasteiger partial charge in [0.1, 0.15) is 19.4 Å². The van der Waals surface area contributed by atoms with E-state index < -0.39 is 8.07 Å². The third-order valence-electron chi connectivity index (χ3n) is 6.19. The summed E-state index contributed by atoms with van der Waals surface area (Å²) in [5.41, 5.74) is 6.47. The molecule has 10 heteroatoms. The maximum atomic E-state index is 13.2. The van der Waals surface area contributed by atoms with E-state index in [1.807, 2.05) is 10.7 Å². The standard InChI is InChI=1S/C27H38N6O3Si/c1-6-8-14-36-27-21(18-20(19-28-27)9-17-37(3,4)5)25-29-23-22(7-2)33(31-24(23)26(34)30-25)11-10-32-12-15-35-16-13-32/h18-19H,6-8,10-16H2,1-5H3,(H,29,30,34). The zero-order valence-corrected chi connectivity index (χ0v) is 23.7. The quantitative estimate of drug-likeness (QED) is 0.261. The summed E-state index contributed by atoms with van der Waals surface area (Å²) in [6.07, 6.45) is 4.38. The Balaban J connectivity index is 1.74. The van der Waals surface area contributed by atoms with Crippen molar-refractivity contribution in [3.05, 3.63) is 33.9 Å². The molecule has 37 heavy (non-hydrogen) atoms. The van der Waals surface area contributed by atoms with Crippen LogP contribution in [0.2, 0.25) is 19.6 Å². The van der Waals surface area contributed by atoms with Gasteiger partial charge in [-0.1, -0.05) is 45.8 Å². The second kappa shape index (κ2) is 12.0. The van der Waals surface area contributed by atoms with Crippen molar-refractivity contribution in [3.63, 3.8) is 0 Å². The maximum absolute atomic E-state index is 13.2. The van der Waals surface area contributed by atoms with E-state index >= 15 is 0 Å². The lowest BCUT2D eigenvalue weighted by Gasteiger charge is -2.26. The lowest BCUT2D eigenvalue weighted by Crippen LogP contribution is -2.38. The predicted octanol–water partition coefficient (Wildman–Crippen LogP) is 3.48. The van der Waals surface area contributed by atoms with Crippen molar-refractivity contribution in [3.8, 4) is 28.7 Å². The highest BCUT2D eigenvalue weighted by Crippen LogP contribution is 2.27. The fourth-order valence-corrected chi connectivity index (χ4v) is 4.69. The fraction of sp³-hybridized carbons (Fsp3) is 0.556. The number of pyridine rings is 1. The van der Waals surface area contributed by atoms with Crippen molar-refractivity contribution in [1.82, 2.24) is 29.6 Å². The number of nitrogens with one attached hydrogen (secondary N) is 1. The number of hydrogen-bond acceptors (Lipinski definition) is 7. The van der Waals surface area contributed by atoms with Crippen molar-refractivity contribution in [2.45, 2.75) is 59.3 Å². The Morgan fingerprint density at radius 3 is 2.65 bits per heavy atom. The predicted molar refractivity (Wildman–Crippen MR) is 149 cm³/mol. The molecule has 198 valence electrons. The molecule has 0 unspecified atom stereocenters. The van der Waals surface area contributed by atoms with Gasteiger partial charge in [-0.2, -0.15) is 5.10 Å². The number of ether oxygens (including phenoxy) is 2. The van der Waals surface area contributed by atoms with Crippen molar-refractivity contribution >= 4 is 19.1 Å². The van der Waals surface area contributed by atoms with Crippen LogP contribution in [-0.2, 0) is 17.7 Å². The van der Waals surface area contributed by atoms with E-state index in [1.54, 1.807) is 6.20 Å². The van der Waals surface area contributed by atoms with Crippen molar-refractivity contribution in [2.75, 3.05) is 39.5 Å². The maximum Gasteiger partial charge on any atom is 0.279 e. The minimum absolute atomic E-state index is 0.266. The molecule has 3 aromatic rings. The molecule has 1 N–H and O–H groups in total. The zero-order valence-electron chi connectivity index (χ0n) is 22.7. The van der Waals surface area contributed by atoms with Crippen molar-refractivity contribution in [2.24, 2.45) is 0 Å². The summed E-state index contributed by atoms with van der Waals surface area (Å²) >= 11 is 0. The molecule has 0 spiro atoms. The third kappa shape index (κ3) is 6.86. The first-order valence-electron chi connectivity index (χ1n) is 13.2. The van der Waals surface area contributed by atoms with Crippen LogP contribution in [0.25, 0.3) is 22.4 Å². The van der Waals surface area contributed by atoms with E-state index in [1.165, 1.54) is 0 Å². The molecule has 1 saturated heterocycles. The normalized spacial score (nSPS) is 14.5. The fourth-order valence-electron chi connectivity index (χ4n) is 4.17. The van der Waals surface area contributed by atoms with Gasteiger partial charge in [-0.25, -0.2) is 9.97 Å². The number of aromatic amines is 1. The minimum atomic E-state index is -1.57. The topological polar surface area (TPSA) is 98.2 Å². The first-order chi connectivity index (χ1) is 17.8. The lowest BCUT2D eigenvalue weighted by molar-refractivity contribution is 0.0359. The molecule has 4 heterocycles. The highest BCUT2D eigenvalue weighted by atomic mass is 28.3. The summed E-state index contributed by atoms with van der Waals surface area (Å²) < 4.78 is 13.4. The highest BCUT2D eigenvalue weighted by molar-refractivity contribution is 6.83. The molecule has 1 aliphatic rings. The Labute approximate surface area is 219 Å². The van der Waals surface area contributed by atoms with Gasteiger partial charge in [-0.15, -0.1) is 5.54 Å². The van der Waals surface area contributed by atoms with Crippen LogP contribution in [-0.4, -0.2) is 77.2 Å². The lowest BCUT2D eigenvalue weighted by atomic mass is 10.2. The van der Waals surface area contributed by atoms with E-state index in [4.69, 9.17) is 14.5 Å². The summed E-state index contributed by atoms with van der Waals surface area (Å²) in [4.78, 5) is 27.9. The van der Waals surface area contributed by atoms with Crippen LogP contribution < -0.4 is 10.3 Å². The van der Waals surface area contributed by atoms with Gasteiger partial charge >= 0.3 is 0 Å². The molecule has 4 rings (SSSR count). The molecule has 0 aromatic carbocycles. The Hall–Kier alpha value is -3.00. The highest BCUT2D eigenvalue weighted by Gasteiger charge is 2.20. The molecule has 1 fully saturated rings. The van der Waals surface area contributed by atoms with Gasteiger partial charge in [0.2, 0.25) is 5.88 Å². The first kappa shape index (κ1) is 27.0.